The van der Waals surface area contributed by atoms with E-state index in [2.05, 4.69) is 5.32 Å². The van der Waals surface area contributed by atoms with Gasteiger partial charge in [-0.1, -0.05) is 13.0 Å². The number of nitro benzene ring substituents is 1. The molecular weight excluding hydrogens is 306 g/mol. The van der Waals surface area contributed by atoms with Crippen molar-refractivity contribution in [2.24, 2.45) is 11.7 Å². The number of halogens is 1. The van der Waals surface area contributed by atoms with Crippen LogP contribution in [0.1, 0.15) is 42.6 Å². The van der Waals surface area contributed by atoms with Crippen molar-refractivity contribution in [3.8, 4) is 0 Å². The molecular formula is C15H22ClN3O3. The van der Waals surface area contributed by atoms with Crippen LogP contribution in [0.3, 0.4) is 0 Å². The van der Waals surface area contributed by atoms with Crippen LogP contribution in [0.4, 0.5) is 5.69 Å². The number of nitro groups is 1. The summed E-state index contributed by atoms with van der Waals surface area (Å²) in [6.45, 7) is 4.14. The molecule has 122 valence electrons. The van der Waals surface area contributed by atoms with Gasteiger partial charge < -0.3 is 11.1 Å². The molecule has 0 saturated heterocycles. The maximum atomic E-state index is 12.3. The maximum absolute atomic E-state index is 12.3. The van der Waals surface area contributed by atoms with Gasteiger partial charge in [-0.15, -0.1) is 12.4 Å². The standard InChI is InChI=1S/C15H21N3O3.ClH/c1-3-10-4-5-11(8-13(10)18(20)21)14(19)17-15(2,9-16)12-6-7-12;/h4-5,8,12H,3,6-7,9,16H2,1-2H3,(H,17,19);1H. The first-order chi connectivity index (χ1) is 9.91. The van der Waals surface area contributed by atoms with Crippen molar-refractivity contribution < 1.29 is 9.72 Å². The molecule has 7 heteroatoms. The summed E-state index contributed by atoms with van der Waals surface area (Å²) in [6, 6.07) is 4.62. The van der Waals surface area contributed by atoms with Crippen LogP contribution in [-0.2, 0) is 6.42 Å². The molecule has 1 unspecified atom stereocenters. The maximum Gasteiger partial charge on any atom is 0.273 e. The van der Waals surface area contributed by atoms with Gasteiger partial charge in [-0.3, -0.25) is 14.9 Å². The number of nitrogens with one attached hydrogen (secondary N) is 1. The minimum atomic E-state index is -0.446. The second-order valence-corrected chi connectivity index (χ2v) is 5.80. The largest absolute Gasteiger partial charge is 0.345 e. The Morgan fingerprint density at radius 1 is 1.50 bits per heavy atom. The summed E-state index contributed by atoms with van der Waals surface area (Å²) in [7, 11) is 0. The van der Waals surface area contributed by atoms with E-state index in [1.807, 2.05) is 13.8 Å². The van der Waals surface area contributed by atoms with Gasteiger partial charge in [-0.2, -0.15) is 0 Å². The minimum absolute atomic E-state index is 0. The highest BCUT2D eigenvalue weighted by Crippen LogP contribution is 2.39. The fraction of sp³-hybridized carbons (Fsp3) is 0.533. The zero-order chi connectivity index (χ0) is 15.6. The Labute approximate surface area is 136 Å². The Morgan fingerprint density at radius 2 is 2.14 bits per heavy atom. The number of nitrogens with two attached hydrogens (primary N) is 1. The van der Waals surface area contributed by atoms with Crippen molar-refractivity contribution in [2.45, 2.75) is 38.6 Å². The molecule has 0 bridgehead atoms. The van der Waals surface area contributed by atoms with Crippen molar-refractivity contribution in [3.63, 3.8) is 0 Å². The Morgan fingerprint density at radius 3 is 2.59 bits per heavy atom. The molecule has 0 spiro atoms. The number of nitrogens with zero attached hydrogens (tertiary/aromatic N) is 1. The number of benzene rings is 1. The molecule has 0 radical (unpaired) electrons. The number of carbonyl (C=O) groups is 1. The highest BCUT2D eigenvalue weighted by molar-refractivity contribution is 5.95. The summed E-state index contributed by atoms with van der Waals surface area (Å²) < 4.78 is 0. The minimum Gasteiger partial charge on any atom is -0.345 e. The molecule has 0 aromatic heterocycles. The zero-order valence-electron chi connectivity index (χ0n) is 12.8. The van der Waals surface area contributed by atoms with Gasteiger partial charge in [0, 0.05) is 23.7 Å². The molecule has 1 aromatic carbocycles. The van der Waals surface area contributed by atoms with Gasteiger partial charge >= 0.3 is 0 Å². The number of carbonyl (C=O) groups excluding carboxylic acids is 1. The average Bonchev–Trinajstić information content (AvgIpc) is 3.31. The fourth-order valence-electron chi connectivity index (χ4n) is 2.55. The van der Waals surface area contributed by atoms with Gasteiger partial charge in [0.05, 0.1) is 10.5 Å². The van der Waals surface area contributed by atoms with Gasteiger partial charge in [-0.05, 0) is 38.2 Å². The van der Waals surface area contributed by atoms with E-state index in [9.17, 15) is 14.9 Å². The van der Waals surface area contributed by atoms with Crippen molar-refractivity contribution in [1.29, 1.82) is 0 Å². The van der Waals surface area contributed by atoms with E-state index in [4.69, 9.17) is 5.73 Å². The SMILES string of the molecule is CCc1ccc(C(=O)NC(C)(CN)C2CC2)cc1[N+](=O)[O-].Cl. The lowest BCUT2D eigenvalue weighted by atomic mass is 9.95. The van der Waals surface area contributed by atoms with E-state index in [1.54, 1.807) is 12.1 Å². The summed E-state index contributed by atoms with van der Waals surface area (Å²) >= 11 is 0. The zero-order valence-corrected chi connectivity index (χ0v) is 13.6. The van der Waals surface area contributed by atoms with E-state index < -0.39 is 10.5 Å². The lowest BCUT2D eigenvalue weighted by Gasteiger charge is -2.29. The number of hydrogen-bond acceptors (Lipinski definition) is 4. The van der Waals surface area contributed by atoms with E-state index in [0.29, 0.717) is 30.0 Å². The predicted octanol–water partition coefficient (Wildman–Crippen LogP) is 2.44. The Hall–Kier alpha value is -1.66. The molecule has 1 amide bonds. The van der Waals surface area contributed by atoms with Crippen LogP contribution >= 0.6 is 12.4 Å². The molecule has 1 aliphatic rings. The average molecular weight is 328 g/mol. The van der Waals surface area contributed by atoms with Gasteiger partial charge in [0.2, 0.25) is 0 Å². The molecule has 1 aromatic rings. The Kier molecular flexibility index (Phi) is 5.91. The molecule has 6 nitrogen and oxygen atoms in total. The van der Waals surface area contributed by atoms with Gasteiger partial charge in [0.1, 0.15) is 0 Å². The summed E-state index contributed by atoms with van der Waals surface area (Å²) in [5, 5.41) is 14.0. The summed E-state index contributed by atoms with van der Waals surface area (Å²) in [5.41, 5.74) is 6.26. The van der Waals surface area contributed by atoms with Crippen molar-refractivity contribution in [2.75, 3.05) is 6.54 Å². The van der Waals surface area contributed by atoms with E-state index in [-0.39, 0.29) is 24.0 Å². The Bertz CT molecular complexity index is 575. The van der Waals surface area contributed by atoms with Crippen molar-refractivity contribution in [1.82, 2.24) is 5.32 Å². The lowest BCUT2D eigenvalue weighted by Crippen LogP contribution is -2.53. The van der Waals surface area contributed by atoms with Crippen LogP contribution in [0.2, 0.25) is 0 Å². The number of amides is 1. The lowest BCUT2D eigenvalue weighted by molar-refractivity contribution is -0.385. The number of rotatable bonds is 6. The molecule has 1 saturated carbocycles. The molecule has 1 fully saturated rings. The number of hydrogen-bond donors (Lipinski definition) is 2. The number of aryl methyl sites for hydroxylation is 1. The molecule has 1 aliphatic carbocycles. The van der Waals surface area contributed by atoms with Crippen LogP contribution in [0.25, 0.3) is 0 Å². The summed E-state index contributed by atoms with van der Waals surface area (Å²) in [6.07, 6.45) is 2.67. The van der Waals surface area contributed by atoms with Crippen LogP contribution in [0.5, 0.6) is 0 Å². The van der Waals surface area contributed by atoms with Crippen LogP contribution in [-0.4, -0.2) is 22.9 Å². The fourth-order valence-corrected chi connectivity index (χ4v) is 2.55. The third kappa shape index (κ3) is 3.75. The Balaban J connectivity index is 0.00000242. The quantitative estimate of drug-likeness (QED) is 0.619. The normalized spacial score (nSPS) is 16.3. The molecule has 0 heterocycles. The molecule has 0 aliphatic heterocycles. The second-order valence-electron chi connectivity index (χ2n) is 5.80. The van der Waals surface area contributed by atoms with Crippen molar-refractivity contribution in [3.05, 3.63) is 39.4 Å². The highest BCUT2D eigenvalue weighted by atomic mass is 35.5. The molecule has 3 N–H and O–H groups in total. The first-order valence-corrected chi connectivity index (χ1v) is 7.21. The monoisotopic (exact) mass is 327 g/mol. The van der Waals surface area contributed by atoms with Gasteiger partial charge in [0.15, 0.2) is 0 Å². The highest BCUT2D eigenvalue weighted by Gasteiger charge is 2.41. The third-order valence-corrected chi connectivity index (χ3v) is 4.23. The second kappa shape index (κ2) is 7.07. The first-order valence-electron chi connectivity index (χ1n) is 7.21. The molecule has 2 rings (SSSR count). The van der Waals surface area contributed by atoms with E-state index >= 15 is 0 Å². The predicted molar refractivity (Wildman–Crippen MR) is 87.4 cm³/mol. The molecule has 1 atom stereocenters. The smallest absolute Gasteiger partial charge is 0.273 e. The van der Waals surface area contributed by atoms with Crippen molar-refractivity contribution >= 4 is 24.0 Å². The topological polar surface area (TPSA) is 98.3 Å². The van der Waals surface area contributed by atoms with Gasteiger partial charge in [-0.25, -0.2) is 0 Å². The summed E-state index contributed by atoms with van der Waals surface area (Å²) in [4.78, 5) is 23.0. The summed E-state index contributed by atoms with van der Waals surface area (Å²) in [5.74, 6) is 0.0944. The van der Waals surface area contributed by atoms with Gasteiger partial charge in [0.25, 0.3) is 11.6 Å². The van der Waals surface area contributed by atoms with Crippen LogP contribution in [0.15, 0.2) is 18.2 Å². The third-order valence-electron chi connectivity index (χ3n) is 4.23. The van der Waals surface area contributed by atoms with E-state index in [0.717, 1.165) is 12.8 Å². The van der Waals surface area contributed by atoms with Crippen LogP contribution < -0.4 is 11.1 Å². The molecule has 22 heavy (non-hydrogen) atoms. The van der Waals surface area contributed by atoms with Crippen LogP contribution in [0, 0.1) is 16.0 Å². The van der Waals surface area contributed by atoms with E-state index in [1.165, 1.54) is 6.07 Å². The first kappa shape index (κ1) is 18.4.